The number of phenolic OH excluding ortho intramolecular Hbond substituents is 1. The number of ether oxygens (including phenoxy) is 1. The van der Waals surface area contributed by atoms with Crippen molar-refractivity contribution in [3.05, 3.63) is 88.7 Å². The van der Waals surface area contributed by atoms with Gasteiger partial charge in [-0.05, 0) is 89.9 Å². The summed E-state index contributed by atoms with van der Waals surface area (Å²) >= 11 is 0. The number of fused-ring (bicyclic) bond motifs is 1. The molecule has 0 radical (unpaired) electrons. The summed E-state index contributed by atoms with van der Waals surface area (Å²) in [6.07, 6.45) is 4.81. The molecule has 0 saturated heterocycles. The van der Waals surface area contributed by atoms with Crippen LogP contribution in [0.3, 0.4) is 0 Å². The predicted molar refractivity (Wildman–Crippen MR) is 129 cm³/mol. The Morgan fingerprint density at radius 2 is 1.75 bits per heavy atom. The van der Waals surface area contributed by atoms with Gasteiger partial charge in [-0.15, -0.1) is 0 Å². The number of nitrogen functional groups attached to an aromatic ring is 1. The van der Waals surface area contributed by atoms with E-state index in [4.69, 9.17) is 10.5 Å². The molecule has 3 N–H and O–H groups in total. The second-order valence-corrected chi connectivity index (χ2v) is 8.40. The van der Waals surface area contributed by atoms with Crippen molar-refractivity contribution in [2.45, 2.75) is 52.1 Å². The Morgan fingerprint density at radius 3 is 2.44 bits per heavy atom. The lowest BCUT2D eigenvalue weighted by Crippen LogP contribution is -2.14. The van der Waals surface area contributed by atoms with Crippen molar-refractivity contribution in [1.29, 1.82) is 0 Å². The average molecular weight is 432 g/mol. The number of aryl methyl sites for hydroxylation is 1. The highest BCUT2D eigenvalue weighted by Crippen LogP contribution is 2.42. The topological polar surface area (TPSA) is 55.5 Å². The lowest BCUT2D eigenvalue weighted by molar-refractivity contribution is 0.186. The minimum absolute atomic E-state index is 0.0760. The van der Waals surface area contributed by atoms with E-state index in [-0.39, 0.29) is 11.9 Å². The highest BCUT2D eigenvalue weighted by molar-refractivity contribution is 6.01. The Kier molecular flexibility index (Phi) is 6.50. The summed E-state index contributed by atoms with van der Waals surface area (Å²) in [5, 5.41) is 9.69. The normalized spacial score (nSPS) is 14.2. The van der Waals surface area contributed by atoms with Crippen LogP contribution >= 0.6 is 0 Å². The third kappa shape index (κ3) is 4.50. The fourth-order valence-electron chi connectivity index (χ4n) is 4.50. The number of benzene rings is 3. The van der Waals surface area contributed by atoms with Crippen LogP contribution in [-0.4, -0.2) is 11.2 Å². The smallest absolute Gasteiger partial charge is 0.134 e. The highest BCUT2D eigenvalue weighted by Gasteiger charge is 2.24. The van der Waals surface area contributed by atoms with Gasteiger partial charge in [-0.2, -0.15) is 0 Å². The molecule has 3 aromatic rings. The molecule has 0 bridgehead atoms. The molecule has 0 aliphatic heterocycles. The van der Waals surface area contributed by atoms with Crippen molar-refractivity contribution in [3.8, 4) is 11.5 Å². The summed E-state index contributed by atoms with van der Waals surface area (Å²) < 4.78 is 21.0. The number of anilines is 1. The Balaban J connectivity index is 1.81. The highest BCUT2D eigenvalue weighted by atomic mass is 19.1. The van der Waals surface area contributed by atoms with E-state index in [0.29, 0.717) is 17.7 Å². The van der Waals surface area contributed by atoms with E-state index in [9.17, 15) is 9.50 Å². The fourth-order valence-corrected chi connectivity index (χ4v) is 4.50. The van der Waals surface area contributed by atoms with Gasteiger partial charge in [0.15, 0.2) is 0 Å². The Hall–Kier alpha value is -3.27. The molecule has 3 nitrogen and oxygen atoms in total. The van der Waals surface area contributed by atoms with E-state index >= 15 is 0 Å². The maximum atomic E-state index is 14.9. The first-order valence-corrected chi connectivity index (χ1v) is 11.4. The number of nitrogens with two attached hydrogens (primary N) is 1. The van der Waals surface area contributed by atoms with Gasteiger partial charge in [-0.1, -0.05) is 38.5 Å². The van der Waals surface area contributed by atoms with Crippen molar-refractivity contribution in [3.63, 3.8) is 0 Å². The first-order chi connectivity index (χ1) is 15.5. The predicted octanol–water partition coefficient (Wildman–Crippen LogP) is 6.98. The molecule has 0 aromatic heterocycles. The molecule has 0 heterocycles. The van der Waals surface area contributed by atoms with Gasteiger partial charge >= 0.3 is 0 Å². The van der Waals surface area contributed by atoms with Gasteiger partial charge in [-0.25, -0.2) is 4.39 Å². The molecule has 0 saturated carbocycles. The molecule has 1 unspecified atom stereocenters. The summed E-state index contributed by atoms with van der Waals surface area (Å²) in [7, 11) is 0. The van der Waals surface area contributed by atoms with E-state index in [1.807, 2.05) is 36.4 Å². The van der Waals surface area contributed by atoms with Crippen LogP contribution in [0.5, 0.6) is 11.5 Å². The molecule has 3 aromatic carbocycles. The van der Waals surface area contributed by atoms with E-state index in [2.05, 4.69) is 19.9 Å². The molecule has 0 fully saturated rings. The van der Waals surface area contributed by atoms with Crippen LogP contribution in [-0.2, 0) is 6.42 Å². The largest absolute Gasteiger partial charge is 0.508 e. The summed E-state index contributed by atoms with van der Waals surface area (Å²) in [5.74, 6) is 0.346. The number of phenols is 1. The summed E-state index contributed by atoms with van der Waals surface area (Å²) in [5.41, 5.74) is 12.5. The van der Waals surface area contributed by atoms with Crippen molar-refractivity contribution in [2.24, 2.45) is 0 Å². The van der Waals surface area contributed by atoms with Crippen molar-refractivity contribution >= 4 is 16.8 Å². The molecule has 4 heteroatoms. The minimum Gasteiger partial charge on any atom is -0.508 e. The SMILES string of the molecule is CCCC(CC)Oc1ccc(C2=C(c3ccc(O)cc3F)CCc3ccc(N)cc32)cc1. The number of allylic oxidation sites excluding steroid dienone is 1. The molecule has 32 heavy (non-hydrogen) atoms. The van der Waals surface area contributed by atoms with Crippen LogP contribution in [0.4, 0.5) is 10.1 Å². The van der Waals surface area contributed by atoms with Crippen molar-refractivity contribution < 1.29 is 14.2 Å². The average Bonchev–Trinajstić information content (AvgIpc) is 2.79. The van der Waals surface area contributed by atoms with Crippen LogP contribution in [0, 0.1) is 5.82 Å². The maximum absolute atomic E-state index is 14.9. The Labute approximate surface area is 189 Å². The minimum atomic E-state index is -0.421. The van der Waals surface area contributed by atoms with Gasteiger partial charge in [0.2, 0.25) is 0 Å². The number of aromatic hydroxyl groups is 1. The molecular weight excluding hydrogens is 401 g/mol. The van der Waals surface area contributed by atoms with E-state index in [1.165, 1.54) is 17.7 Å². The number of halogens is 1. The van der Waals surface area contributed by atoms with Crippen molar-refractivity contribution in [1.82, 2.24) is 0 Å². The van der Waals surface area contributed by atoms with Crippen LogP contribution < -0.4 is 10.5 Å². The second-order valence-electron chi connectivity index (χ2n) is 8.40. The Morgan fingerprint density at radius 1 is 0.969 bits per heavy atom. The fraction of sp³-hybridized carbons (Fsp3) is 0.286. The van der Waals surface area contributed by atoms with Crippen LogP contribution in [0.15, 0.2) is 60.7 Å². The zero-order chi connectivity index (χ0) is 22.7. The van der Waals surface area contributed by atoms with Crippen LogP contribution in [0.25, 0.3) is 11.1 Å². The third-order valence-corrected chi connectivity index (χ3v) is 6.14. The summed E-state index contributed by atoms with van der Waals surface area (Å²) in [4.78, 5) is 0. The number of hydrogen-bond acceptors (Lipinski definition) is 3. The van der Waals surface area contributed by atoms with Gasteiger partial charge < -0.3 is 15.6 Å². The molecule has 1 atom stereocenters. The lowest BCUT2D eigenvalue weighted by Gasteiger charge is -2.25. The van der Waals surface area contributed by atoms with Gasteiger partial charge in [0.1, 0.15) is 17.3 Å². The number of rotatable bonds is 7. The molecule has 1 aliphatic carbocycles. The summed E-state index contributed by atoms with van der Waals surface area (Å²) in [6, 6.07) is 18.4. The van der Waals surface area contributed by atoms with Crippen molar-refractivity contribution in [2.75, 3.05) is 5.73 Å². The quantitative estimate of drug-likeness (QED) is 0.397. The molecular formula is C28H30FNO2. The molecule has 4 rings (SSSR count). The second kappa shape index (κ2) is 9.47. The zero-order valence-electron chi connectivity index (χ0n) is 18.7. The molecule has 0 amide bonds. The molecule has 166 valence electrons. The van der Waals surface area contributed by atoms with Gasteiger partial charge in [0, 0.05) is 17.3 Å². The zero-order valence-corrected chi connectivity index (χ0v) is 18.7. The van der Waals surface area contributed by atoms with Gasteiger partial charge in [-0.3, -0.25) is 0 Å². The molecule has 1 aliphatic rings. The van der Waals surface area contributed by atoms with Crippen LogP contribution in [0.1, 0.15) is 61.8 Å². The summed E-state index contributed by atoms with van der Waals surface area (Å²) in [6.45, 7) is 4.30. The monoisotopic (exact) mass is 431 g/mol. The van der Waals surface area contributed by atoms with Gasteiger partial charge in [0.05, 0.1) is 6.10 Å². The van der Waals surface area contributed by atoms with E-state index in [0.717, 1.165) is 53.7 Å². The van der Waals surface area contributed by atoms with Gasteiger partial charge in [0.25, 0.3) is 0 Å². The first-order valence-electron chi connectivity index (χ1n) is 11.4. The molecule has 0 spiro atoms. The van der Waals surface area contributed by atoms with Crippen LogP contribution in [0.2, 0.25) is 0 Å². The first kappa shape index (κ1) is 21.9. The Bertz CT molecular complexity index is 1130. The standard InChI is InChI=1S/C28H30FNO2/c1-3-5-22(4-2)32-23-12-7-19(8-13-23)28-25(24-15-11-21(31)17-27(24)29)14-9-18-6-10-20(30)16-26(18)28/h6-8,10-13,15-17,22,31H,3-5,9,14,30H2,1-2H3. The lowest BCUT2D eigenvalue weighted by atomic mass is 9.79. The van der Waals surface area contributed by atoms with E-state index < -0.39 is 5.82 Å². The maximum Gasteiger partial charge on any atom is 0.134 e. The third-order valence-electron chi connectivity index (χ3n) is 6.14. The van der Waals surface area contributed by atoms with E-state index in [1.54, 1.807) is 6.07 Å². The number of hydrogen-bond donors (Lipinski definition) is 2.